The normalized spacial score (nSPS) is 10.1. The van der Waals surface area contributed by atoms with E-state index in [0.717, 1.165) is 5.69 Å². The lowest BCUT2D eigenvalue weighted by atomic mass is 10.4. The number of aromatic nitrogens is 2. The molecule has 16 heavy (non-hydrogen) atoms. The number of esters is 1. The van der Waals surface area contributed by atoms with Gasteiger partial charge in [0.2, 0.25) is 0 Å². The smallest absolute Gasteiger partial charge is 0.306 e. The van der Waals surface area contributed by atoms with Gasteiger partial charge in [-0.15, -0.1) is 0 Å². The molecular formula is C10H15N3O2S. The fraction of sp³-hybridized carbons (Fsp3) is 0.500. The van der Waals surface area contributed by atoms with Crippen LogP contribution in [-0.2, 0) is 15.3 Å². The Bertz CT molecular complexity index is 351. The van der Waals surface area contributed by atoms with Crippen LogP contribution in [0.1, 0.15) is 17.9 Å². The van der Waals surface area contributed by atoms with Crippen molar-refractivity contribution in [1.29, 1.82) is 0 Å². The Morgan fingerprint density at radius 1 is 1.56 bits per heavy atom. The number of aryl methyl sites for hydroxylation is 1. The maximum atomic E-state index is 10.8. The number of rotatable bonds is 5. The van der Waals surface area contributed by atoms with Gasteiger partial charge in [0, 0.05) is 17.5 Å². The Balaban J connectivity index is 2.34. The average molecular weight is 241 g/mol. The van der Waals surface area contributed by atoms with Crippen LogP contribution < -0.4 is 5.73 Å². The maximum Gasteiger partial charge on any atom is 0.306 e. The maximum absolute atomic E-state index is 10.8. The quantitative estimate of drug-likeness (QED) is 0.615. The average Bonchev–Trinajstić information content (AvgIpc) is 2.22. The van der Waals surface area contributed by atoms with E-state index in [0.29, 0.717) is 29.6 Å². The number of methoxy groups -OCH3 is 1. The van der Waals surface area contributed by atoms with Gasteiger partial charge in [0.1, 0.15) is 11.6 Å². The van der Waals surface area contributed by atoms with Crippen LogP contribution in [0.5, 0.6) is 0 Å². The van der Waals surface area contributed by atoms with Crippen molar-refractivity contribution in [2.45, 2.75) is 19.1 Å². The summed E-state index contributed by atoms with van der Waals surface area (Å²) in [7, 11) is 1.39. The zero-order valence-corrected chi connectivity index (χ0v) is 10.2. The molecule has 0 atom stereocenters. The van der Waals surface area contributed by atoms with E-state index in [-0.39, 0.29) is 5.97 Å². The van der Waals surface area contributed by atoms with E-state index in [1.807, 2.05) is 6.92 Å². The summed E-state index contributed by atoms with van der Waals surface area (Å²) < 4.78 is 4.54. The molecule has 0 aliphatic rings. The van der Waals surface area contributed by atoms with Crippen molar-refractivity contribution in [1.82, 2.24) is 9.97 Å². The van der Waals surface area contributed by atoms with E-state index in [1.165, 1.54) is 7.11 Å². The Hall–Kier alpha value is -1.30. The first-order chi connectivity index (χ1) is 7.61. The summed E-state index contributed by atoms with van der Waals surface area (Å²) in [5.74, 6) is 2.34. The summed E-state index contributed by atoms with van der Waals surface area (Å²) in [4.78, 5) is 19.2. The summed E-state index contributed by atoms with van der Waals surface area (Å²) >= 11 is 1.59. The van der Waals surface area contributed by atoms with Crippen molar-refractivity contribution in [2.24, 2.45) is 0 Å². The summed E-state index contributed by atoms with van der Waals surface area (Å²) in [6.45, 7) is 1.88. The molecule has 0 bridgehead atoms. The highest BCUT2D eigenvalue weighted by atomic mass is 32.2. The predicted molar refractivity (Wildman–Crippen MR) is 64.0 cm³/mol. The van der Waals surface area contributed by atoms with E-state index in [4.69, 9.17) is 5.73 Å². The molecule has 0 amide bonds. The number of nitrogen functional groups attached to an aromatic ring is 1. The number of ether oxygens (including phenoxy) is 1. The first kappa shape index (κ1) is 12.8. The third-order valence-corrected chi connectivity index (χ3v) is 2.78. The lowest BCUT2D eigenvalue weighted by Crippen LogP contribution is -2.03. The van der Waals surface area contributed by atoms with Gasteiger partial charge in [-0.3, -0.25) is 4.79 Å². The van der Waals surface area contributed by atoms with E-state index < -0.39 is 0 Å². The molecule has 88 valence electrons. The molecule has 1 rings (SSSR count). The zero-order chi connectivity index (χ0) is 12.0. The molecular weight excluding hydrogens is 226 g/mol. The van der Waals surface area contributed by atoms with Gasteiger partial charge < -0.3 is 10.5 Å². The van der Waals surface area contributed by atoms with Crippen molar-refractivity contribution in [3.8, 4) is 0 Å². The third kappa shape index (κ3) is 4.48. The molecule has 0 saturated heterocycles. The van der Waals surface area contributed by atoms with Gasteiger partial charge in [0.15, 0.2) is 0 Å². The van der Waals surface area contributed by atoms with Crippen molar-refractivity contribution in [3.05, 3.63) is 17.6 Å². The zero-order valence-electron chi connectivity index (χ0n) is 9.40. The molecule has 0 saturated carbocycles. The number of carbonyl (C=O) groups is 1. The molecule has 0 spiro atoms. The van der Waals surface area contributed by atoms with Crippen LogP contribution in [0.2, 0.25) is 0 Å². The Labute approximate surface area is 98.8 Å². The number of anilines is 1. The fourth-order valence-electron chi connectivity index (χ4n) is 1.14. The molecule has 0 aliphatic carbocycles. The van der Waals surface area contributed by atoms with E-state index >= 15 is 0 Å². The molecule has 6 heteroatoms. The second kappa shape index (κ2) is 6.32. The number of hydrogen-bond donors (Lipinski definition) is 1. The van der Waals surface area contributed by atoms with Gasteiger partial charge in [-0.2, -0.15) is 11.8 Å². The van der Waals surface area contributed by atoms with E-state index in [2.05, 4.69) is 14.7 Å². The van der Waals surface area contributed by atoms with Gasteiger partial charge in [-0.25, -0.2) is 9.97 Å². The standard InChI is InChI=1S/C10H15N3O2S/c1-7-5-8(11)13-9(12-7)6-16-4-3-10(14)15-2/h5H,3-4,6H2,1-2H3,(H2,11,12,13). The largest absolute Gasteiger partial charge is 0.469 e. The van der Waals surface area contributed by atoms with Gasteiger partial charge >= 0.3 is 5.97 Å². The molecule has 1 aromatic rings. The summed E-state index contributed by atoms with van der Waals surface area (Å²) in [5, 5.41) is 0. The molecule has 0 unspecified atom stereocenters. The van der Waals surface area contributed by atoms with Gasteiger partial charge in [-0.1, -0.05) is 0 Å². The van der Waals surface area contributed by atoms with Crippen molar-refractivity contribution < 1.29 is 9.53 Å². The molecule has 0 radical (unpaired) electrons. The van der Waals surface area contributed by atoms with Crippen LogP contribution in [0.15, 0.2) is 6.07 Å². The second-order valence-corrected chi connectivity index (χ2v) is 4.33. The number of thioether (sulfide) groups is 1. The van der Waals surface area contributed by atoms with E-state index in [1.54, 1.807) is 17.8 Å². The molecule has 0 aromatic carbocycles. The van der Waals surface area contributed by atoms with Gasteiger partial charge in [0.25, 0.3) is 0 Å². The Kier molecular flexibility index (Phi) is 5.04. The molecule has 1 heterocycles. The molecule has 1 aromatic heterocycles. The highest BCUT2D eigenvalue weighted by Crippen LogP contribution is 2.11. The van der Waals surface area contributed by atoms with Crippen LogP contribution in [-0.4, -0.2) is 28.8 Å². The molecule has 0 fully saturated rings. The highest BCUT2D eigenvalue weighted by molar-refractivity contribution is 7.98. The van der Waals surface area contributed by atoms with Crippen LogP contribution in [0.25, 0.3) is 0 Å². The summed E-state index contributed by atoms with van der Waals surface area (Å²) in [5.41, 5.74) is 6.46. The monoisotopic (exact) mass is 241 g/mol. The molecule has 0 aliphatic heterocycles. The second-order valence-electron chi connectivity index (χ2n) is 3.23. The predicted octanol–water partition coefficient (Wildman–Crippen LogP) is 1.16. The molecule has 2 N–H and O–H groups in total. The number of carbonyl (C=O) groups excluding carboxylic acids is 1. The summed E-state index contributed by atoms with van der Waals surface area (Å²) in [6.07, 6.45) is 0.405. The number of nitrogens with zero attached hydrogens (tertiary/aromatic N) is 2. The Morgan fingerprint density at radius 2 is 2.31 bits per heavy atom. The van der Waals surface area contributed by atoms with Crippen LogP contribution in [0.4, 0.5) is 5.82 Å². The fourth-order valence-corrected chi connectivity index (χ4v) is 1.91. The Morgan fingerprint density at radius 3 is 2.94 bits per heavy atom. The number of hydrogen-bond acceptors (Lipinski definition) is 6. The summed E-state index contributed by atoms with van der Waals surface area (Å²) in [6, 6.07) is 1.72. The highest BCUT2D eigenvalue weighted by Gasteiger charge is 2.03. The minimum Gasteiger partial charge on any atom is -0.469 e. The van der Waals surface area contributed by atoms with Crippen molar-refractivity contribution >= 4 is 23.5 Å². The molecule has 5 nitrogen and oxygen atoms in total. The van der Waals surface area contributed by atoms with Gasteiger partial charge in [-0.05, 0) is 6.92 Å². The minimum atomic E-state index is -0.197. The first-order valence-corrected chi connectivity index (χ1v) is 6.02. The first-order valence-electron chi connectivity index (χ1n) is 4.86. The lowest BCUT2D eigenvalue weighted by Gasteiger charge is -2.02. The van der Waals surface area contributed by atoms with Crippen molar-refractivity contribution in [2.75, 3.05) is 18.6 Å². The lowest BCUT2D eigenvalue weighted by molar-refractivity contribution is -0.140. The third-order valence-electron chi connectivity index (χ3n) is 1.83. The van der Waals surface area contributed by atoms with Crippen LogP contribution in [0, 0.1) is 6.92 Å². The SMILES string of the molecule is COC(=O)CCSCc1nc(C)cc(N)n1. The minimum absolute atomic E-state index is 0.197. The topological polar surface area (TPSA) is 78.1 Å². The van der Waals surface area contributed by atoms with Crippen LogP contribution in [0.3, 0.4) is 0 Å². The van der Waals surface area contributed by atoms with Gasteiger partial charge in [0.05, 0.1) is 19.3 Å². The van der Waals surface area contributed by atoms with Crippen molar-refractivity contribution in [3.63, 3.8) is 0 Å². The van der Waals surface area contributed by atoms with Crippen LogP contribution >= 0.6 is 11.8 Å². The van der Waals surface area contributed by atoms with E-state index in [9.17, 15) is 4.79 Å². The number of nitrogens with two attached hydrogens (primary N) is 1.